The molecule has 0 spiro atoms. The highest BCUT2D eigenvalue weighted by atomic mass is 15.1. The number of imidazole rings is 1. The second-order valence-corrected chi connectivity index (χ2v) is 7.88. The summed E-state index contributed by atoms with van der Waals surface area (Å²) >= 11 is 0. The molecule has 0 radical (unpaired) electrons. The lowest BCUT2D eigenvalue weighted by Crippen LogP contribution is -2.08. The van der Waals surface area contributed by atoms with Gasteiger partial charge in [0.2, 0.25) is 0 Å². The molecule has 3 nitrogen and oxygen atoms in total. The zero-order chi connectivity index (χ0) is 20.4. The van der Waals surface area contributed by atoms with Gasteiger partial charge in [0.1, 0.15) is 0 Å². The number of aromatic nitrogens is 2. The van der Waals surface area contributed by atoms with Crippen molar-refractivity contribution in [3.8, 4) is 22.3 Å². The summed E-state index contributed by atoms with van der Waals surface area (Å²) in [7, 11) is 2.08. The molecule has 3 aromatic carbocycles. The fourth-order valence-corrected chi connectivity index (χ4v) is 3.51. The molecule has 4 aromatic rings. The number of rotatable bonds is 5. The maximum atomic E-state index is 5.02. The summed E-state index contributed by atoms with van der Waals surface area (Å²) in [5.41, 5.74) is 6.85. The molecule has 0 aliphatic heterocycles. The second-order valence-electron chi connectivity index (χ2n) is 7.88. The van der Waals surface area contributed by atoms with Crippen molar-refractivity contribution in [1.82, 2.24) is 9.55 Å². The Morgan fingerprint density at radius 2 is 1.34 bits per heavy atom. The Balaban J connectivity index is 1.95. The number of benzene rings is 3. The van der Waals surface area contributed by atoms with Crippen LogP contribution in [0.25, 0.3) is 33.3 Å². The Kier molecular flexibility index (Phi) is 5.30. The summed E-state index contributed by atoms with van der Waals surface area (Å²) in [5, 5.41) is 0. The second kappa shape index (κ2) is 8.04. The van der Waals surface area contributed by atoms with Gasteiger partial charge < -0.3 is 4.57 Å². The normalized spacial score (nSPS) is 12.9. The summed E-state index contributed by atoms with van der Waals surface area (Å²) in [4.78, 5) is 9.77. The van der Waals surface area contributed by atoms with Gasteiger partial charge in [0.05, 0.1) is 17.2 Å². The molecule has 1 aromatic heterocycles. The Bertz CT molecular complexity index is 1140. The molecule has 0 amide bonds. The number of fused-ring (bicyclic) bond motifs is 1. The molecule has 1 atom stereocenters. The smallest absolute Gasteiger partial charge is 0.151 e. The van der Waals surface area contributed by atoms with E-state index in [1.54, 1.807) is 0 Å². The zero-order valence-electron chi connectivity index (χ0n) is 17.5. The molecule has 0 bridgehead atoms. The van der Waals surface area contributed by atoms with Gasteiger partial charge in [-0.2, -0.15) is 0 Å². The van der Waals surface area contributed by atoms with Crippen LogP contribution in [0.5, 0.6) is 0 Å². The van der Waals surface area contributed by atoms with E-state index in [1.165, 1.54) is 16.7 Å². The third-order valence-corrected chi connectivity index (χ3v) is 5.62. The lowest BCUT2D eigenvalue weighted by molar-refractivity contribution is 0.532. The van der Waals surface area contributed by atoms with Crippen molar-refractivity contribution in [3.05, 3.63) is 78.6 Å². The van der Waals surface area contributed by atoms with Gasteiger partial charge in [0.15, 0.2) is 5.82 Å². The van der Waals surface area contributed by atoms with Crippen LogP contribution in [0.4, 0.5) is 0 Å². The largest absolute Gasteiger partial charge is 0.326 e. The first-order valence-corrected chi connectivity index (χ1v) is 10.2. The van der Waals surface area contributed by atoms with Crippen LogP contribution < -0.4 is 0 Å². The molecule has 0 saturated carbocycles. The van der Waals surface area contributed by atoms with E-state index >= 15 is 0 Å². The van der Waals surface area contributed by atoms with Crippen molar-refractivity contribution in [3.63, 3.8) is 0 Å². The van der Waals surface area contributed by atoms with Crippen molar-refractivity contribution < 1.29 is 0 Å². The van der Waals surface area contributed by atoms with Gasteiger partial charge in [-0.3, -0.25) is 4.99 Å². The highest BCUT2D eigenvalue weighted by Gasteiger charge is 2.16. The van der Waals surface area contributed by atoms with Crippen LogP contribution in [0.2, 0.25) is 0 Å². The standard InChI is InChI=1S/C26H27N3/c1-18(2)19(3)27-17-24-28-25-22(20-11-7-5-8-12-20)15-16-23(26(25)29(24)4)21-13-9-6-10-14-21/h5-19H,1-4H3/b27-17+. The fraction of sp³-hybridized carbons (Fsp3) is 0.231. The van der Waals surface area contributed by atoms with Crippen LogP contribution in [-0.2, 0) is 7.05 Å². The molecule has 0 N–H and O–H groups in total. The van der Waals surface area contributed by atoms with Crippen LogP contribution in [-0.4, -0.2) is 21.8 Å². The highest BCUT2D eigenvalue weighted by molar-refractivity contribution is 6.03. The van der Waals surface area contributed by atoms with Crippen LogP contribution in [0, 0.1) is 5.92 Å². The molecule has 0 saturated heterocycles. The minimum atomic E-state index is 0.261. The maximum absolute atomic E-state index is 5.02. The van der Waals surface area contributed by atoms with Crippen molar-refractivity contribution in [1.29, 1.82) is 0 Å². The van der Waals surface area contributed by atoms with E-state index in [1.807, 2.05) is 18.3 Å². The third-order valence-electron chi connectivity index (χ3n) is 5.62. The number of aryl methyl sites for hydroxylation is 1. The van der Waals surface area contributed by atoms with Gasteiger partial charge >= 0.3 is 0 Å². The number of nitrogens with zero attached hydrogens (tertiary/aromatic N) is 3. The lowest BCUT2D eigenvalue weighted by Gasteiger charge is -2.10. The maximum Gasteiger partial charge on any atom is 0.151 e. The fourth-order valence-electron chi connectivity index (χ4n) is 3.51. The summed E-state index contributed by atoms with van der Waals surface area (Å²) in [6.45, 7) is 6.53. The third kappa shape index (κ3) is 3.73. The van der Waals surface area contributed by atoms with Gasteiger partial charge in [-0.05, 0) is 24.0 Å². The number of hydrogen-bond acceptors (Lipinski definition) is 2. The van der Waals surface area contributed by atoms with Gasteiger partial charge in [-0.25, -0.2) is 4.98 Å². The first-order chi connectivity index (χ1) is 14.1. The topological polar surface area (TPSA) is 30.2 Å². The lowest BCUT2D eigenvalue weighted by atomic mass is 9.98. The Hall–Kier alpha value is -3.20. The number of aliphatic imine (C=N–C) groups is 1. The average molecular weight is 382 g/mol. The summed E-state index contributed by atoms with van der Waals surface area (Å²) < 4.78 is 2.17. The molecule has 29 heavy (non-hydrogen) atoms. The van der Waals surface area contributed by atoms with E-state index in [2.05, 4.69) is 93.0 Å². The average Bonchev–Trinajstić information content (AvgIpc) is 3.09. The van der Waals surface area contributed by atoms with Gasteiger partial charge in [-0.15, -0.1) is 0 Å². The Morgan fingerprint density at radius 3 is 1.93 bits per heavy atom. The molecule has 146 valence electrons. The van der Waals surface area contributed by atoms with Crippen LogP contribution in [0.15, 0.2) is 77.8 Å². The van der Waals surface area contributed by atoms with E-state index in [9.17, 15) is 0 Å². The van der Waals surface area contributed by atoms with Crippen LogP contribution in [0.3, 0.4) is 0 Å². The molecular formula is C26H27N3. The SMILES string of the molecule is CC(C)C(C)/N=C/c1nc2c(-c3ccccc3)ccc(-c3ccccc3)c2n1C. The highest BCUT2D eigenvalue weighted by Crippen LogP contribution is 2.35. The monoisotopic (exact) mass is 381 g/mol. The first kappa shape index (κ1) is 19.1. The zero-order valence-corrected chi connectivity index (χ0v) is 17.5. The summed E-state index contributed by atoms with van der Waals surface area (Å²) in [6.07, 6.45) is 1.92. The van der Waals surface area contributed by atoms with E-state index < -0.39 is 0 Å². The predicted octanol–water partition coefficient (Wildman–Crippen LogP) is 6.37. The van der Waals surface area contributed by atoms with Crippen LogP contribution >= 0.6 is 0 Å². The first-order valence-electron chi connectivity index (χ1n) is 10.2. The molecule has 1 unspecified atom stereocenters. The molecule has 0 fully saturated rings. The van der Waals surface area contributed by atoms with Gasteiger partial charge in [-0.1, -0.05) is 86.6 Å². The molecule has 4 rings (SSSR count). The van der Waals surface area contributed by atoms with Gasteiger partial charge in [0, 0.05) is 24.2 Å². The Morgan fingerprint density at radius 1 is 0.793 bits per heavy atom. The molecular weight excluding hydrogens is 354 g/mol. The van der Waals surface area contributed by atoms with Crippen molar-refractivity contribution in [2.45, 2.75) is 26.8 Å². The summed E-state index contributed by atoms with van der Waals surface area (Å²) in [6, 6.07) is 25.6. The van der Waals surface area contributed by atoms with Gasteiger partial charge in [0.25, 0.3) is 0 Å². The van der Waals surface area contributed by atoms with Crippen molar-refractivity contribution >= 4 is 17.2 Å². The minimum absolute atomic E-state index is 0.261. The molecule has 0 aliphatic rings. The van der Waals surface area contributed by atoms with Crippen LogP contribution in [0.1, 0.15) is 26.6 Å². The van der Waals surface area contributed by atoms with Crippen molar-refractivity contribution in [2.75, 3.05) is 0 Å². The van der Waals surface area contributed by atoms with Crippen molar-refractivity contribution in [2.24, 2.45) is 18.0 Å². The quantitative estimate of drug-likeness (QED) is 0.369. The molecule has 0 aliphatic carbocycles. The minimum Gasteiger partial charge on any atom is -0.326 e. The van der Waals surface area contributed by atoms with E-state index in [0.29, 0.717) is 5.92 Å². The number of hydrogen-bond donors (Lipinski definition) is 0. The van der Waals surface area contributed by atoms with E-state index in [-0.39, 0.29) is 6.04 Å². The molecule has 1 heterocycles. The van der Waals surface area contributed by atoms with E-state index in [4.69, 9.17) is 9.98 Å². The van der Waals surface area contributed by atoms with E-state index in [0.717, 1.165) is 22.4 Å². The summed E-state index contributed by atoms with van der Waals surface area (Å²) in [5.74, 6) is 1.38. The Labute approximate surface area is 172 Å². The molecule has 3 heteroatoms. The predicted molar refractivity (Wildman–Crippen MR) is 123 cm³/mol.